The SMILES string of the molecule is CC(C)[C@H](N)C(=O)NCC(=O)N1CCCN(C(=O)c2ccccc2F)CC1. The van der Waals surface area contributed by atoms with Crippen LogP contribution in [-0.2, 0) is 9.59 Å². The van der Waals surface area contributed by atoms with E-state index < -0.39 is 11.9 Å². The number of carbonyl (C=O) groups is 3. The molecule has 1 aliphatic rings. The van der Waals surface area contributed by atoms with Crippen molar-refractivity contribution in [3.63, 3.8) is 0 Å². The largest absolute Gasteiger partial charge is 0.346 e. The van der Waals surface area contributed by atoms with Crippen molar-refractivity contribution in [3.05, 3.63) is 35.6 Å². The molecule has 0 radical (unpaired) electrons. The number of nitrogens with zero attached hydrogens (tertiary/aromatic N) is 2. The highest BCUT2D eigenvalue weighted by Gasteiger charge is 2.25. The van der Waals surface area contributed by atoms with Gasteiger partial charge in [0.05, 0.1) is 18.2 Å². The molecule has 1 atom stereocenters. The minimum Gasteiger partial charge on any atom is -0.346 e. The lowest BCUT2D eigenvalue weighted by Crippen LogP contribution is -2.48. The van der Waals surface area contributed by atoms with Crippen LogP contribution in [0.2, 0.25) is 0 Å². The number of benzene rings is 1. The van der Waals surface area contributed by atoms with Gasteiger partial charge in [-0.3, -0.25) is 14.4 Å². The lowest BCUT2D eigenvalue weighted by Gasteiger charge is -2.23. The lowest BCUT2D eigenvalue weighted by atomic mass is 10.1. The number of nitrogens with one attached hydrogen (secondary N) is 1. The molecule has 0 unspecified atom stereocenters. The first kappa shape index (κ1) is 20.8. The van der Waals surface area contributed by atoms with Gasteiger partial charge in [0.2, 0.25) is 11.8 Å². The summed E-state index contributed by atoms with van der Waals surface area (Å²) in [5.41, 5.74) is 5.79. The van der Waals surface area contributed by atoms with Crippen LogP contribution in [0.5, 0.6) is 0 Å². The zero-order valence-corrected chi connectivity index (χ0v) is 15.8. The molecule has 0 spiro atoms. The maximum atomic E-state index is 13.8. The summed E-state index contributed by atoms with van der Waals surface area (Å²) >= 11 is 0. The minimum atomic E-state index is -0.657. The topological polar surface area (TPSA) is 95.7 Å². The number of hydrogen-bond donors (Lipinski definition) is 2. The van der Waals surface area contributed by atoms with Gasteiger partial charge < -0.3 is 20.9 Å². The maximum absolute atomic E-state index is 13.8. The molecule has 1 aliphatic heterocycles. The number of hydrogen-bond acceptors (Lipinski definition) is 4. The first-order valence-corrected chi connectivity index (χ1v) is 9.16. The molecule has 0 aliphatic carbocycles. The number of nitrogens with two attached hydrogens (primary N) is 1. The zero-order chi connectivity index (χ0) is 20.0. The Bertz CT molecular complexity index is 695. The smallest absolute Gasteiger partial charge is 0.256 e. The lowest BCUT2D eigenvalue weighted by molar-refractivity contribution is -0.133. The third kappa shape index (κ3) is 5.50. The van der Waals surface area contributed by atoms with Crippen LogP contribution in [0.1, 0.15) is 30.6 Å². The zero-order valence-electron chi connectivity index (χ0n) is 15.8. The van der Waals surface area contributed by atoms with Crippen LogP contribution in [0.4, 0.5) is 4.39 Å². The van der Waals surface area contributed by atoms with E-state index in [9.17, 15) is 18.8 Å². The van der Waals surface area contributed by atoms with Crippen LogP contribution in [0, 0.1) is 11.7 Å². The fraction of sp³-hybridized carbons (Fsp3) is 0.526. The van der Waals surface area contributed by atoms with Crippen LogP contribution < -0.4 is 11.1 Å². The Balaban J connectivity index is 1.89. The highest BCUT2D eigenvalue weighted by molar-refractivity contribution is 5.94. The summed E-state index contributed by atoms with van der Waals surface area (Å²) in [6.45, 7) is 5.13. The van der Waals surface area contributed by atoms with Gasteiger partial charge in [0.15, 0.2) is 0 Å². The number of rotatable bonds is 5. The summed E-state index contributed by atoms with van der Waals surface area (Å²) in [6, 6.07) is 5.21. The molecule has 3 N–H and O–H groups in total. The van der Waals surface area contributed by atoms with Crippen molar-refractivity contribution >= 4 is 17.7 Å². The summed E-state index contributed by atoms with van der Waals surface area (Å²) in [6.07, 6.45) is 0.589. The van der Waals surface area contributed by atoms with E-state index in [1.54, 1.807) is 15.9 Å². The monoisotopic (exact) mass is 378 g/mol. The van der Waals surface area contributed by atoms with E-state index in [-0.39, 0.29) is 35.7 Å². The number of carbonyl (C=O) groups excluding carboxylic acids is 3. The van der Waals surface area contributed by atoms with Gasteiger partial charge in [-0.1, -0.05) is 26.0 Å². The Morgan fingerprint density at radius 2 is 1.74 bits per heavy atom. The minimum absolute atomic E-state index is 0.0174. The van der Waals surface area contributed by atoms with Crippen molar-refractivity contribution in [2.45, 2.75) is 26.3 Å². The fourth-order valence-electron chi connectivity index (χ4n) is 2.87. The predicted molar refractivity (Wildman–Crippen MR) is 99.3 cm³/mol. The van der Waals surface area contributed by atoms with Crippen LogP contribution in [0.3, 0.4) is 0 Å². The van der Waals surface area contributed by atoms with Crippen LogP contribution in [0.25, 0.3) is 0 Å². The fourth-order valence-corrected chi connectivity index (χ4v) is 2.87. The van der Waals surface area contributed by atoms with Crippen molar-refractivity contribution in [2.24, 2.45) is 11.7 Å². The van der Waals surface area contributed by atoms with E-state index in [0.717, 1.165) is 0 Å². The molecule has 27 heavy (non-hydrogen) atoms. The second-order valence-electron chi connectivity index (χ2n) is 6.99. The summed E-state index contributed by atoms with van der Waals surface area (Å²) in [7, 11) is 0. The van der Waals surface area contributed by atoms with Crippen molar-refractivity contribution in [3.8, 4) is 0 Å². The maximum Gasteiger partial charge on any atom is 0.256 e. The molecule has 0 bridgehead atoms. The molecule has 0 aromatic heterocycles. The van der Waals surface area contributed by atoms with Gasteiger partial charge in [-0.15, -0.1) is 0 Å². The highest BCUT2D eigenvalue weighted by atomic mass is 19.1. The Morgan fingerprint density at radius 3 is 2.41 bits per heavy atom. The quantitative estimate of drug-likeness (QED) is 0.784. The van der Waals surface area contributed by atoms with Crippen molar-refractivity contribution in [2.75, 3.05) is 32.7 Å². The Hall–Kier alpha value is -2.48. The van der Waals surface area contributed by atoms with Gasteiger partial charge in [-0.05, 0) is 24.5 Å². The Morgan fingerprint density at radius 1 is 1.11 bits per heavy atom. The average Bonchev–Trinajstić information content (AvgIpc) is 2.91. The van der Waals surface area contributed by atoms with Gasteiger partial charge in [-0.2, -0.15) is 0 Å². The summed E-state index contributed by atoms with van der Waals surface area (Å²) < 4.78 is 13.8. The second-order valence-corrected chi connectivity index (χ2v) is 6.99. The Labute approximate surface area is 158 Å². The van der Waals surface area contributed by atoms with Crippen molar-refractivity contribution in [1.29, 1.82) is 0 Å². The highest BCUT2D eigenvalue weighted by Crippen LogP contribution is 2.12. The third-order valence-corrected chi connectivity index (χ3v) is 4.67. The first-order valence-electron chi connectivity index (χ1n) is 9.16. The molecule has 0 saturated carbocycles. The number of halogens is 1. The molecule has 2 rings (SSSR count). The molecule has 8 heteroatoms. The second kappa shape index (κ2) is 9.45. The average molecular weight is 378 g/mol. The first-order chi connectivity index (χ1) is 12.8. The molecule has 3 amide bonds. The molecule has 7 nitrogen and oxygen atoms in total. The van der Waals surface area contributed by atoms with E-state index in [1.165, 1.54) is 18.2 Å². The summed E-state index contributed by atoms with van der Waals surface area (Å²) in [5, 5.41) is 2.56. The molecule has 1 saturated heterocycles. The predicted octanol–water partition coefficient (Wildman–Crippen LogP) is 0.600. The van der Waals surface area contributed by atoms with Gasteiger partial charge in [0.25, 0.3) is 5.91 Å². The van der Waals surface area contributed by atoms with E-state index >= 15 is 0 Å². The van der Waals surface area contributed by atoms with E-state index in [2.05, 4.69) is 5.32 Å². The molecule has 1 heterocycles. The number of amides is 3. The standard InChI is InChI=1S/C19H27FN4O3/c1-13(2)17(21)18(26)22-12-16(25)23-8-5-9-24(11-10-23)19(27)14-6-3-4-7-15(14)20/h3-4,6-7,13,17H,5,8-12,21H2,1-2H3,(H,22,26)/t17-/m0/s1. The third-order valence-electron chi connectivity index (χ3n) is 4.67. The van der Waals surface area contributed by atoms with Gasteiger partial charge in [0, 0.05) is 26.2 Å². The van der Waals surface area contributed by atoms with Gasteiger partial charge in [0.1, 0.15) is 5.82 Å². The van der Waals surface area contributed by atoms with Gasteiger partial charge in [-0.25, -0.2) is 4.39 Å². The van der Waals surface area contributed by atoms with Crippen molar-refractivity contribution < 1.29 is 18.8 Å². The molecule has 1 fully saturated rings. The normalized spacial score (nSPS) is 16.0. The van der Waals surface area contributed by atoms with Crippen LogP contribution >= 0.6 is 0 Å². The molecule has 1 aromatic carbocycles. The molecule has 148 valence electrons. The molecule has 1 aromatic rings. The van der Waals surface area contributed by atoms with E-state index in [1.807, 2.05) is 13.8 Å². The van der Waals surface area contributed by atoms with Crippen LogP contribution in [0.15, 0.2) is 24.3 Å². The summed E-state index contributed by atoms with van der Waals surface area (Å²) in [4.78, 5) is 39.9. The van der Waals surface area contributed by atoms with Crippen LogP contribution in [-0.4, -0.2) is 66.3 Å². The van der Waals surface area contributed by atoms with Gasteiger partial charge >= 0.3 is 0 Å². The van der Waals surface area contributed by atoms with Crippen molar-refractivity contribution in [1.82, 2.24) is 15.1 Å². The summed E-state index contributed by atoms with van der Waals surface area (Å²) in [5.74, 6) is -1.53. The van der Waals surface area contributed by atoms with E-state index in [0.29, 0.717) is 32.6 Å². The Kier molecular flexibility index (Phi) is 7.29. The van der Waals surface area contributed by atoms with E-state index in [4.69, 9.17) is 5.73 Å². The molecular weight excluding hydrogens is 351 g/mol. The molecular formula is C19H27FN4O3.